The number of carbonyl (C=O) groups is 3. The van der Waals surface area contributed by atoms with Gasteiger partial charge in [0.25, 0.3) is 0 Å². The van der Waals surface area contributed by atoms with E-state index in [2.05, 4.69) is 27.9 Å². The number of pyridine rings is 1. The standard InChI is InChI=1S/C19H29N5O3/c1-13-8-9-16(20-10-13)22-17(25)11-24(3)12-18(26)23-19(27)21-15-7-5-4-6-14(15)2/h8-10,14-15H,4-7,11-12H2,1-3H3,(H,20,22,25)(H2,21,23,26,27)/t14-,15-/m0/s1. The van der Waals surface area contributed by atoms with Gasteiger partial charge in [0, 0.05) is 12.2 Å². The van der Waals surface area contributed by atoms with Crippen LogP contribution in [0.2, 0.25) is 0 Å². The monoisotopic (exact) mass is 375 g/mol. The summed E-state index contributed by atoms with van der Waals surface area (Å²) in [7, 11) is 1.64. The molecule has 2 rings (SSSR count). The van der Waals surface area contributed by atoms with Gasteiger partial charge in [-0.25, -0.2) is 9.78 Å². The summed E-state index contributed by atoms with van der Waals surface area (Å²) >= 11 is 0. The summed E-state index contributed by atoms with van der Waals surface area (Å²) in [5.41, 5.74) is 1.00. The highest BCUT2D eigenvalue weighted by Gasteiger charge is 2.23. The number of carbonyl (C=O) groups excluding carboxylic acids is 3. The van der Waals surface area contributed by atoms with Gasteiger partial charge in [0.05, 0.1) is 13.1 Å². The van der Waals surface area contributed by atoms with Crippen molar-refractivity contribution in [3.63, 3.8) is 0 Å². The molecule has 8 nitrogen and oxygen atoms in total. The summed E-state index contributed by atoms with van der Waals surface area (Å²) in [5, 5.41) is 7.88. The first kappa shape index (κ1) is 20.8. The minimum Gasteiger partial charge on any atom is -0.335 e. The Morgan fingerprint density at radius 2 is 1.85 bits per heavy atom. The van der Waals surface area contributed by atoms with E-state index in [-0.39, 0.29) is 25.0 Å². The summed E-state index contributed by atoms with van der Waals surface area (Å²) < 4.78 is 0. The molecule has 0 bridgehead atoms. The van der Waals surface area contributed by atoms with Crippen molar-refractivity contribution in [3.05, 3.63) is 23.9 Å². The Labute approximate surface area is 160 Å². The molecule has 0 unspecified atom stereocenters. The van der Waals surface area contributed by atoms with Crippen LogP contribution in [0.3, 0.4) is 0 Å². The molecule has 0 radical (unpaired) electrons. The number of amides is 4. The number of imide groups is 1. The quantitative estimate of drug-likeness (QED) is 0.702. The molecule has 8 heteroatoms. The van der Waals surface area contributed by atoms with Gasteiger partial charge >= 0.3 is 6.03 Å². The normalized spacial score (nSPS) is 19.4. The number of likely N-dealkylation sites (N-methyl/N-ethyl adjacent to an activating group) is 1. The van der Waals surface area contributed by atoms with Crippen molar-refractivity contribution in [3.8, 4) is 0 Å². The number of anilines is 1. The van der Waals surface area contributed by atoms with E-state index in [0.29, 0.717) is 11.7 Å². The van der Waals surface area contributed by atoms with Crippen LogP contribution in [0, 0.1) is 12.8 Å². The molecule has 1 fully saturated rings. The molecule has 0 aliphatic heterocycles. The molecule has 148 valence electrons. The Balaban J connectivity index is 1.70. The molecule has 3 N–H and O–H groups in total. The summed E-state index contributed by atoms with van der Waals surface area (Å²) in [6, 6.07) is 3.21. The van der Waals surface area contributed by atoms with Crippen molar-refractivity contribution in [2.75, 3.05) is 25.5 Å². The maximum absolute atomic E-state index is 12.0. The molecular formula is C19H29N5O3. The van der Waals surface area contributed by atoms with Crippen LogP contribution in [-0.2, 0) is 9.59 Å². The smallest absolute Gasteiger partial charge is 0.321 e. The number of hydrogen-bond donors (Lipinski definition) is 3. The molecule has 1 aromatic heterocycles. The largest absolute Gasteiger partial charge is 0.335 e. The predicted molar refractivity (Wildman–Crippen MR) is 103 cm³/mol. The van der Waals surface area contributed by atoms with Gasteiger partial charge in [0.1, 0.15) is 5.82 Å². The first-order valence-electron chi connectivity index (χ1n) is 9.35. The molecule has 27 heavy (non-hydrogen) atoms. The molecule has 1 heterocycles. The molecule has 1 aliphatic carbocycles. The Bertz CT molecular complexity index is 662. The lowest BCUT2D eigenvalue weighted by atomic mass is 9.86. The van der Waals surface area contributed by atoms with Crippen molar-refractivity contribution in [2.24, 2.45) is 5.92 Å². The molecule has 0 spiro atoms. The molecule has 0 aromatic carbocycles. The van der Waals surface area contributed by atoms with E-state index in [0.717, 1.165) is 24.8 Å². The molecule has 0 saturated heterocycles. The summed E-state index contributed by atoms with van der Waals surface area (Å²) in [6.45, 7) is 3.99. The SMILES string of the molecule is Cc1ccc(NC(=O)CN(C)CC(=O)NC(=O)N[C@H]2CCCC[C@@H]2C)nc1. The van der Waals surface area contributed by atoms with Crippen LogP contribution in [0.15, 0.2) is 18.3 Å². The number of aryl methyl sites for hydroxylation is 1. The van der Waals surface area contributed by atoms with Gasteiger partial charge in [0.15, 0.2) is 0 Å². The van der Waals surface area contributed by atoms with Crippen LogP contribution in [0.4, 0.5) is 10.6 Å². The molecule has 4 amide bonds. The second-order valence-electron chi connectivity index (χ2n) is 7.33. The average molecular weight is 375 g/mol. The number of aromatic nitrogens is 1. The van der Waals surface area contributed by atoms with Crippen molar-refractivity contribution in [1.82, 2.24) is 20.5 Å². The number of rotatable bonds is 6. The first-order valence-corrected chi connectivity index (χ1v) is 9.35. The first-order chi connectivity index (χ1) is 12.8. The van der Waals surface area contributed by atoms with Crippen LogP contribution in [-0.4, -0.2) is 53.9 Å². The van der Waals surface area contributed by atoms with Crippen LogP contribution < -0.4 is 16.0 Å². The minimum absolute atomic E-state index is 0.0181. The van der Waals surface area contributed by atoms with Gasteiger partial charge in [-0.3, -0.25) is 19.8 Å². The van der Waals surface area contributed by atoms with E-state index >= 15 is 0 Å². The number of nitrogens with zero attached hydrogens (tertiary/aromatic N) is 2. The highest BCUT2D eigenvalue weighted by Crippen LogP contribution is 2.23. The van der Waals surface area contributed by atoms with E-state index in [4.69, 9.17) is 0 Å². The third kappa shape index (κ3) is 7.34. The fourth-order valence-electron chi connectivity index (χ4n) is 3.17. The second-order valence-corrected chi connectivity index (χ2v) is 7.33. The van der Waals surface area contributed by atoms with Crippen LogP contribution in [0.5, 0.6) is 0 Å². The lowest BCUT2D eigenvalue weighted by Crippen LogP contribution is -2.50. The van der Waals surface area contributed by atoms with Crippen molar-refractivity contribution < 1.29 is 14.4 Å². The fraction of sp³-hybridized carbons (Fsp3) is 0.579. The van der Waals surface area contributed by atoms with E-state index in [1.165, 1.54) is 11.3 Å². The van der Waals surface area contributed by atoms with Gasteiger partial charge in [-0.15, -0.1) is 0 Å². The van der Waals surface area contributed by atoms with Gasteiger partial charge in [-0.05, 0) is 44.4 Å². The van der Waals surface area contributed by atoms with E-state index in [1.54, 1.807) is 19.3 Å². The maximum atomic E-state index is 12.0. The van der Waals surface area contributed by atoms with Crippen LogP contribution in [0.1, 0.15) is 38.2 Å². The zero-order valence-corrected chi connectivity index (χ0v) is 16.2. The Morgan fingerprint density at radius 3 is 2.52 bits per heavy atom. The van der Waals surface area contributed by atoms with E-state index in [9.17, 15) is 14.4 Å². The number of hydrogen-bond acceptors (Lipinski definition) is 5. The zero-order chi connectivity index (χ0) is 19.8. The molecule has 1 aliphatic rings. The third-order valence-corrected chi connectivity index (χ3v) is 4.69. The van der Waals surface area contributed by atoms with Gasteiger partial charge in [0.2, 0.25) is 11.8 Å². The lowest BCUT2D eigenvalue weighted by Gasteiger charge is -2.29. The molecule has 1 saturated carbocycles. The van der Waals surface area contributed by atoms with Crippen LogP contribution >= 0.6 is 0 Å². The highest BCUT2D eigenvalue weighted by molar-refractivity contribution is 5.96. The van der Waals surface area contributed by atoms with Gasteiger partial charge < -0.3 is 10.6 Å². The van der Waals surface area contributed by atoms with E-state index < -0.39 is 11.9 Å². The van der Waals surface area contributed by atoms with Gasteiger partial charge in [-0.2, -0.15) is 0 Å². The predicted octanol–water partition coefficient (Wildman–Crippen LogP) is 1.66. The maximum Gasteiger partial charge on any atom is 0.321 e. The molecular weight excluding hydrogens is 346 g/mol. The Morgan fingerprint density at radius 1 is 1.15 bits per heavy atom. The zero-order valence-electron chi connectivity index (χ0n) is 16.2. The van der Waals surface area contributed by atoms with Gasteiger partial charge in [-0.1, -0.05) is 25.8 Å². The molecule has 2 atom stereocenters. The lowest BCUT2D eigenvalue weighted by molar-refractivity contribution is -0.122. The molecule has 1 aromatic rings. The fourth-order valence-corrected chi connectivity index (χ4v) is 3.17. The summed E-state index contributed by atoms with van der Waals surface area (Å²) in [5.74, 6) is 0.160. The average Bonchev–Trinajstić information content (AvgIpc) is 2.58. The summed E-state index contributed by atoms with van der Waals surface area (Å²) in [6.07, 6.45) is 5.98. The number of urea groups is 1. The van der Waals surface area contributed by atoms with E-state index in [1.807, 2.05) is 13.0 Å². The van der Waals surface area contributed by atoms with Crippen LogP contribution in [0.25, 0.3) is 0 Å². The third-order valence-electron chi connectivity index (χ3n) is 4.69. The van der Waals surface area contributed by atoms with Crippen molar-refractivity contribution in [2.45, 2.75) is 45.6 Å². The number of nitrogens with one attached hydrogen (secondary N) is 3. The Hall–Kier alpha value is -2.48. The second kappa shape index (κ2) is 10.0. The van der Waals surface area contributed by atoms with Crippen molar-refractivity contribution >= 4 is 23.7 Å². The summed E-state index contributed by atoms with van der Waals surface area (Å²) in [4.78, 5) is 41.6. The van der Waals surface area contributed by atoms with Crippen molar-refractivity contribution in [1.29, 1.82) is 0 Å². The Kier molecular flexibility index (Phi) is 7.72. The highest BCUT2D eigenvalue weighted by atomic mass is 16.2. The topological polar surface area (TPSA) is 103 Å². The minimum atomic E-state index is -0.472.